The molecule has 0 amide bonds. The van der Waals surface area contributed by atoms with Crippen LogP contribution in [0.2, 0.25) is 0 Å². The highest BCUT2D eigenvalue weighted by Gasteiger charge is 2.52. The Morgan fingerprint density at radius 1 is 0.268 bits per heavy atom. The summed E-state index contributed by atoms with van der Waals surface area (Å²) in [6.45, 7) is 2.27. The molecule has 0 bridgehead atoms. The highest BCUT2D eigenvalue weighted by Crippen LogP contribution is 2.30. The molecule has 4 rings (SSSR count). The van der Waals surface area contributed by atoms with Gasteiger partial charge in [-0.05, 0) is 25.5 Å². The largest absolute Gasteiger partial charge is 0.207 e. The summed E-state index contributed by atoms with van der Waals surface area (Å²) in [5.74, 6) is -70.2. The molecule has 56 heavy (non-hydrogen) atoms. The summed E-state index contributed by atoms with van der Waals surface area (Å²) in [4.78, 5) is 0. The van der Waals surface area contributed by atoms with E-state index in [0.717, 1.165) is 0 Å². The maximum absolute atomic E-state index is 15.4. The fraction of sp³-hybridized carbons (Fsp3) is 0.294. The van der Waals surface area contributed by atoms with Crippen molar-refractivity contribution in [1.82, 2.24) is 0 Å². The van der Waals surface area contributed by atoms with Crippen LogP contribution in [-0.2, 0) is 12.6 Å². The van der Waals surface area contributed by atoms with Gasteiger partial charge in [0.2, 0.25) is 0 Å². The Labute approximate surface area is 308 Å². The molecule has 308 valence electrons. The predicted octanol–water partition coefficient (Wildman–Crippen LogP) is 8.98. The predicted molar refractivity (Wildman–Crippen MR) is 167 cm³/mol. The third-order valence-electron chi connectivity index (χ3n) is 8.74. The Kier molecular flexibility index (Phi) is 15.2. The standard InChI is InChI=1S/C24BF20.C10H22S/c26-5-1(6(27)14(35)21(42)13(5)34)25(2-7(28)15(36)22(43)16(37)8(2)29,3-9(30)17(38)23(44)18(39)10(3)31)4-11(32)19(40)24(45)20(41)12(4)33;1-2-3-4-5-6-7-8-9-10-11/h;11H,2-10H2,1H3/q-1;/p+1. The van der Waals surface area contributed by atoms with Gasteiger partial charge in [0.1, 0.15) is 58.4 Å². The maximum Gasteiger partial charge on any atom is 0.200 e. The van der Waals surface area contributed by atoms with Crippen molar-refractivity contribution in [3.05, 3.63) is 116 Å². The molecule has 0 aromatic heterocycles. The molecule has 0 saturated carbocycles. The molecule has 0 aliphatic carbocycles. The van der Waals surface area contributed by atoms with Crippen molar-refractivity contribution in [2.75, 3.05) is 5.75 Å². The van der Waals surface area contributed by atoms with Crippen LogP contribution in [0.25, 0.3) is 0 Å². The number of hydrogen-bond donors (Lipinski definition) is 0. The third-order valence-corrected chi connectivity index (χ3v) is 9.09. The molecule has 4 aromatic rings. The molecule has 0 aliphatic rings. The van der Waals surface area contributed by atoms with Gasteiger partial charge in [0, 0.05) is 0 Å². The molecule has 0 unspecified atom stereocenters. The van der Waals surface area contributed by atoms with Gasteiger partial charge in [-0.25, -0.2) is 87.8 Å². The summed E-state index contributed by atoms with van der Waals surface area (Å²) in [6.07, 6.45) is 4.13. The summed E-state index contributed by atoms with van der Waals surface area (Å²) in [7, 11) is 0. The van der Waals surface area contributed by atoms with Crippen LogP contribution in [0.15, 0.2) is 0 Å². The monoisotopic (exact) mass is 854 g/mol. The zero-order valence-corrected chi connectivity index (χ0v) is 29.0. The van der Waals surface area contributed by atoms with E-state index in [1.54, 1.807) is 0 Å². The lowest BCUT2D eigenvalue weighted by Gasteiger charge is -2.44. The van der Waals surface area contributed by atoms with Gasteiger partial charge < -0.3 is 0 Å². The first-order valence-corrected chi connectivity index (χ1v) is 16.7. The van der Waals surface area contributed by atoms with Gasteiger partial charge in [0.15, 0.2) is 69.8 Å². The second-order valence-corrected chi connectivity index (χ2v) is 12.5. The Balaban J connectivity index is 0.000000665. The zero-order valence-electron chi connectivity index (χ0n) is 28.0. The number of halogens is 20. The molecule has 0 fully saturated rings. The molecule has 0 spiro atoms. The fourth-order valence-electron chi connectivity index (χ4n) is 6.13. The molecule has 4 aromatic carbocycles. The van der Waals surface area contributed by atoms with Crippen molar-refractivity contribution in [2.45, 2.75) is 58.3 Å². The summed E-state index contributed by atoms with van der Waals surface area (Å²) >= 11 is 3.49. The molecule has 0 N–H and O–H groups in total. The highest BCUT2D eigenvalue weighted by atomic mass is 32.1. The SMILES string of the molecule is CCCCCCCCCC[SH2+].Fc1c(F)c(F)c([B-](c2c(F)c(F)c(F)c(F)c2F)(c2c(F)c(F)c(F)c(F)c2F)c2c(F)c(F)c(F)c(F)c2F)c(F)c1F. The van der Waals surface area contributed by atoms with Crippen molar-refractivity contribution in [3.8, 4) is 0 Å². The Morgan fingerprint density at radius 2 is 0.429 bits per heavy atom. The molecule has 0 nitrogen and oxygen atoms in total. The zero-order chi connectivity index (χ0) is 42.7. The first-order chi connectivity index (χ1) is 26.1. The van der Waals surface area contributed by atoms with Crippen LogP contribution in [0.1, 0.15) is 58.3 Å². The number of benzene rings is 4. The summed E-state index contributed by atoms with van der Waals surface area (Å²) < 4.78 is 294. The Morgan fingerprint density at radius 3 is 0.607 bits per heavy atom. The van der Waals surface area contributed by atoms with Gasteiger partial charge in [0.05, 0.1) is 0 Å². The van der Waals surface area contributed by atoms with Crippen LogP contribution in [0.4, 0.5) is 87.8 Å². The van der Waals surface area contributed by atoms with Crippen molar-refractivity contribution >= 4 is 40.6 Å². The van der Waals surface area contributed by atoms with E-state index in [1.807, 2.05) is 0 Å². The molecule has 0 radical (unpaired) electrons. The summed E-state index contributed by atoms with van der Waals surface area (Å²) in [5.41, 5.74) is -14.3. The van der Waals surface area contributed by atoms with Gasteiger partial charge in [0.25, 0.3) is 0 Å². The lowest BCUT2D eigenvalue weighted by molar-refractivity contribution is 0.378. The average Bonchev–Trinajstić information content (AvgIpc) is 3.17. The van der Waals surface area contributed by atoms with E-state index in [9.17, 15) is 52.7 Å². The number of rotatable bonds is 12. The van der Waals surface area contributed by atoms with E-state index in [2.05, 4.69) is 19.6 Å². The van der Waals surface area contributed by atoms with E-state index in [4.69, 9.17) is 0 Å². The molecular formula is C34H23BF20S. The van der Waals surface area contributed by atoms with E-state index in [0.29, 0.717) is 0 Å². The molecule has 0 saturated heterocycles. The van der Waals surface area contributed by atoms with Gasteiger partial charge >= 0.3 is 0 Å². The van der Waals surface area contributed by atoms with Crippen LogP contribution in [-0.4, -0.2) is 11.9 Å². The van der Waals surface area contributed by atoms with Crippen molar-refractivity contribution in [2.24, 2.45) is 0 Å². The topological polar surface area (TPSA) is 0 Å². The Hall–Kier alpha value is -4.11. The van der Waals surface area contributed by atoms with E-state index in [1.165, 1.54) is 57.1 Å². The average molecular weight is 854 g/mol. The normalized spacial score (nSPS) is 11.7. The molecule has 0 atom stereocenters. The van der Waals surface area contributed by atoms with Crippen LogP contribution in [0, 0.1) is 116 Å². The van der Waals surface area contributed by atoms with E-state index >= 15 is 35.1 Å². The van der Waals surface area contributed by atoms with Crippen molar-refractivity contribution < 1.29 is 87.8 Å². The van der Waals surface area contributed by atoms with E-state index in [-0.39, 0.29) is 0 Å². The second kappa shape index (κ2) is 18.4. The third kappa shape index (κ3) is 7.77. The van der Waals surface area contributed by atoms with Gasteiger partial charge in [-0.3, -0.25) is 0 Å². The summed E-state index contributed by atoms with van der Waals surface area (Å²) in [5, 5.41) is 0. The maximum atomic E-state index is 15.4. The lowest BCUT2D eigenvalue weighted by atomic mass is 9.12. The molecule has 0 heterocycles. The molecule has 0 aliphatic heterocycles. The van der Waals surface area contributed by atoms with Gasteiger partial charge in [-0.2, -0.15) is 0 Å². The number of hydrogen-bond acceptors (Lipinski definition) is 0. The molecular weight excluding hydrogens is 831 g/mol. The quantitative estimate of drug-likeness (QED) is 0.0334. The van der Waals surface area contributed by atoms with Gasteiger partial charge in [-0.15, -0.1) is 21.9 Å². The fourth-order valence-corrected chi connectivity index (χ4v) is 6.38. The molecule has 22 heteroatoms. The first kappa shape index (κ1) is 46.3. The lowest BCUT2D eigenvalue weighted by Crippen LogP contribution is -2.81. The minimum Gasteiger partial charge on any atom is -0.207 e. The summed E-state index contributed by atoms with van der Waals surface area (Å²) in [6, 6.07) is 0. The number of unbranched alkanes of at least 4 members (excludes halogenated alkanes) is 7. The minimum absolute atomic E-state index is 1.18. The van der Waals surface area contributed by atoms with Crippen LogP contribution >= 0.6 is 0 Å². The van der Waals surface area contributed by atoms with Gasteiger partial charge in [-0.1, -0.05) is 45.4 Å². The smallest absolute Gasteiger partial charge is 0.200 e. The first-order valence-electron chi connectivity index (χ1n) is 16.0. The van der Waals surface area contributed by atoms with Crippen LogP contribution < -0.4 is 21.9 Å². The second-order valence-electron chi connectivity index (χ2n) is 12.0. The van der Waals surface area contributed by atoms with Crippen molar-refractivity contribution in [1.29, 1.82) is 0 Å². The highest BCUT2D eigenvalue weighted by molar-refractivity contribution is 7.58. The van der Waals surface area contributed by atoms with E-state index < -0.39 is 144 Å². The van der Waals surface area contributed by atoms with Crippen molar-refractivity contribution in [3.63, 3.8) is 0 Å². The minimum atomic E-state index is -7.22. The Bertz CT molecular complexity index is 1730. The van der Waals surface area contributed by atoms with Crippen LogP contribution in [0.5, 0.6) is 0 Å². The van der Waals surface area contributed by atoms with Crippen LogP contribution in [0.3, 0.4) is 0 Å².